The van der Waals surface area contributed by atoms with Crippen LogP contribution in [0.5, 0.6) is 0 Å². The number of hydrogen-bond donors (Lipinski definition) is 1. The molecule has 22 heavy (non-hydrogen) atoms. The fourth-order valence-corrected chi connectivity index (χ4v) is 2.51. The first-order valence-corrected chi connectivity index (χ1v) is 7.55. The first-order chi connectivity index (χ1) is 10.7. The van der Waals surface area contributed by atoms with Crippen LogP contribution in [-0.4, -0.2) is 34.7 Å². The van der Waals surface area contributed by atoms with Gasteiger partial charge in [-0.1, -0.05) is 18.2 Å². The molecule has 0 amide bonds. The second-order valence-electron chi connectivity index (χ2n) is 5.42. The van der Waals surface area contributed by atoms with Crippen molar-refractivity contribution in [2.45, 2.75) is 13.3 Å². The molecular formula is C17H21N5. The molecule has 0 saturated carbocycles. The van der Waals surface area contributed by atoms with Crippen LogP contribution in [0.3, 0.4) is 0 Å². The summed E-state index contributed by atoms with van der Waals surface area (Å²) in [5, 5.41) is 7.76. The summed E-state index contributed by atoms with van der Waals surface area (Å²) in [7, 11) is 2.12. The lowest BCUT2D eigenvalue weighted by atomic mass is 10.3. The van der Waals surface area contributed by atoms with Gasteiger partial charge in [0.05, 0.1) is 6.20 Å². The van der Waals surface area contributed by atoms with E-state index in [9.17, 15) is 0 Å². The second kappa shape index (κ2) is 6.47. The van der Waals surface area contributed by atoms with Crippen LogP contribution in [0.2, 0.25) is 0 Å². The van der Waals surface area contributed by atoms with Gasteiger partial charge in [-0.2, -0.15) is 9.61 Å². The minimum absolute atomic E-state index is 0.879. The van der Waals surface area contributed by atoms with Crippen molar-refractivity contribution in [3.8, 4) is 0 Å². The number of fused-ring (bicyclic) bond motifs is 1. The maximum absolute atomic E-state index is 4.44. The molecule has 2 aromatic heterocycles. The maximum Gasteiger partial charge on any atom is 0.157 e. The van der Waals surface area contributed by atoms with E-state index < -0.39 is 0 Å². The van der Waals surface area contributed by atoms with E-state index in [4.69, 9.17) is 0 Å². The lowest BCUT2D eigenvalue weighted by molar-refractivity contribution is 0.806. The third-order valence-corrected chi connectivity index (χ3v) is 3.66. The van der Waals surface area contributed by atoms with Crippen LogP contribution in [0, 0.1) is 6.92 Å². The third-order valence-electron chi connectivity index (χ3n) is 3.66. The zero-order chi connectivity index (χ0) is 15.4. The van der Waals surface area contributed by atoms with Crippen LogP contribution < -0.4 is 10.2 Å². The standard InChI is InChI=1S/C17H21N5/c1-14-13-17(22-16(20-14)9-11-19-22)18-10-6-12-21(2)15-7-4-3-5-8-15/h3-5,7-9,11,13,18H,6,10,12H2,1-2H3. The van der Waals surface area contributed by atoms with E-state index in [2.05, 4.69) is 51.6 Å². The lowest BCUT2D eigenvalue weighted by Crippen LogP contribution is -2.21. The molecular weight excluding hydrogens is 274 g/mol. The largest absolute Gasteiger partial charge is 0.375 e. The topological polar surface area (TPSA) is 45.5 Å². The predicted molar refractivity (Wildman–Crippen MR) is 90.5 cm³/mol. The zero-order valence-electron chi connectivity index (χ0n) is 13.0. The molecule has 0 aliphatic heterocycles. The van der Waals surface area contributed by atoms with E-state index in [1.807, 2.05) is 29.6 Å². The highest BCUT2D eigenvalue weighted by molar-refractivity contribution is 5.49. The Hall–Kier alpha value is -2.56. The molecule has 0 spiro atoms. The number of anilines is 2. The molecule has 2 heterocycles. The summed E-state index contributed by atoms with van der Waals surface area (Å²) in [5.74, 6) is 0.995. The Morgan fingerprint density at radius 3 is 2.82 bits per heavy atom. The number of nitrogens with one attached hydrogen (secondary N) is 1. The van der Waals surface area contributed by atoms with Crippen molar-refractivity contribution < 1.29 is 0 Å². The quantitative estimate of drug-likeness (QED) is 0.710. The Morgan fingerprint density at radius 1 is 1.18 bits per heavy atom. The molecule has 0 unspecified atom stereocenters. The molecule has 1 aromatic carbocycles. The SMILES string of the molecule is Cc1cc(NCCCN(C)c2ccccc2)n2nccc2n1. The highest BCUT2D eigenvalue weighted by Gasteiger charge is 2.04. The van der Waals surface area contributed by atoms with Crippen LogP contribution in [0.1, 0.15) is 12.1 Å². The highest BCUT2D eigenvalue weighted by Crippen LogP contribution is 2.13. The van der Waals surface area contributed by atoms with Gasteiger partial charge in [0.15, 0.2) is 5.65 Å². The zero-order valence-corrected chi connectivity index (χ0v) is 13.0. The van der Waals surface area contributed by atoms with Crippen molar-refractivity contribution in [3.63, 3.8) is 0 Å². The van der Waals surface area contributed by atoms with E-state index in [0.717, 1.165) is 36.7 Å². The Balaban J connectivity index is 1.55. The molecule has 0 bridgehead atoms. The monoisotopic (exact) mass is 295 g/mol. The fourth-order valence-electron chi connectivity index (χ4n) is 2.51. The minimum Gasteiger partial charge on any atom is -0.375 e. The van der Waals surface area contributed by atoms with Crippen LogP contribution in [-0.2, 0) is 0 Å². The van der Waals surface area contributed by atoms with E-state index in [1.165, 1.54) is 5.69 Å². The van der Waals surface area contributed by atoms with Gasteiger partial charge in [-0.3, -0.25) is 0 Å². The normalized spacial score (nSPS) is 10.8. The average molecular weight is 295 g/mol. The van der Waals surface area contributed by atoms with Gasteiger partial charge in [-0.15, -0.1) is 0 Å². The molecule has 0 aliphatic rings. The molecule has 0 saturated heterocycles. The van der Waals surface area contributed by atoms with Gasteiger partial charge < -0.3 is 10.2 Å². The lowest BCUT2D eigenvalue weighted by Gasteiger charge is -2.19. The molecule has 5 nitrogen and oxygen atoms in total. The molecule has 1 N–H and O–H groups in total. The van der Waals surface area contributed by atoms with Crippen molar-refractivity contribution in [1.82, 2.24) is 14.6 Å². The Labute approximate surface area is 130 Å². The molecule has 3 aromatic rings. The van der Waals surface area contributed by atoms with Crippen molar-refractivity contribution in [2.24, 2.45) is 0 Å². The molecule has 5 heteroatoms. The number of rotatable bonds is 6. The summed E-state index contributed by atoms with van der Waals surface area (Å²) in [6, 6.07) is 14.4. The summed E-state index contributed by atoms with van der Waals surface area (Å²) >= 11 is 0. The molecule has 0 radical (unpaired) electrons. The van der Waals surface area contributed by atoms with Gasteiger partial charge in [-0.25, -0.2) is 4.98 Å². The summed E-state index contributed by atoms with van der Waals surface area (Å²) in [4.78, 5) is 6.71. The number of aromatic nitrogens is 3. The van der Waals surface area contributed by atoms with Crippen molar-refractivity contribution in [3.05, 3.63) is 54.4 Å². The van der Waals surface area contributed by atoms with Gasteiger partial charge in [0.2, 0.25) is 0 Å². The van der Waals surface area contributed by atoms with Crippen molar-refractivity contribution in [2.75, 3.05) is 30.4 Å². The Kier molecular flexibility index (Phi) is 4.23. The summed E-state index contributed by atoms with van der Waals surface area (Å²) in [6.07, 6.45) is 2.83. The number of nitrogens with zero attached hydrogens (tertiary/aromatic N) is 4. The first-order valence-electron chi connectivity index (χ1n) is 7.55. The summed E-state index contributed by atoms with van der Waals surface area (Å²) in [5.41, 5.74) is 3.12. The van der Waals surface area contributed by atoms with E-state index >= 15 is 0 Å². The maximum atomic E-state index is 4.44. The minimum atomic E-state index is 0.879. The highest BCUT2D eigenvalue weighted by atomic mass is 15.3. The third kappa shape index (κ3) is 3.19. The number of para-hydroxylation sites is 1. The van der Waals surface area contributed by atoms with Gasteiger partial charge in [-0.05, 0) is 25.5 Å². The van der Waals surface area contributed by atoms with Crippen molar-refractivity contribution >= 4 is 17.2 Å². The first kappa shape index (κ1) is 14.4. The molecule has 0 atom stereocenters. The van der Waals surface area contributed by atoms with Gasteiger partial charge in [0.25, 0.3) is 0 Å². The van der Waals surface area contributed by atoms with Gasteiger partial charge >= 0.3 is 0 Å². The fraction of sp³-hybridized carbons (Fsp3) is 0.294. The van der Waals surface area contributed by atoms with Crippen LogP contribution in [0.4, 0.5) is 11.5 Å². The van der Waals surface area contributed by atoms with E-state index in [-0.39, 0.29) is 0 Å². The van der Waals surface area contributed by atoms with E-state index in [1.54, 1.807) is 6.20 Å². The average Bonchev–Trinajstić information content (AvgIpc) is 3.00. The van der Waals surface area contributed by atoms with Crippen LogP contribution >= 0.6 is 0 Å². The smallest absolute Gasteiger partial charge is 0.157 e. The Bertz CT molecular complexity index is 735. The van der Waals surface area contributed by atoms with E-state index in [0.29, 0.717) is 0 Å². The molecule has 0 fully saturated rings. The predicted octanol–water partition coefficient (Wildman–Crippen LogP) is 2.98. The number of benzene rings is 1. The van der Waals surface area contributed by atoms with Crippen LogP contribution in [0.15, 0.2) is 48.7 Å². The van der Waals surface area contributed by atoms with Gasteiger partial charge in [0, 0.05) is 43.7 Å². The molecule has 0 aliphatic carbocycles. The van der Waals surface area contributed by atoms with Crippen molar-refractivity contribution in [1.29, 1.82) is 0 Å². The second-order valence-corrected chi connectivity index (χ2v) is 5.42. The van der Waals surface area contributed by atoms with Crippen LogP contribution in [0.25, 0.3) is 5.65 Å². The summed E-state index contributed by atoms with van der Waals surface area (Å²) < 4.78 is 1.84. The molecule has 3 rings (SSSR count). The summed E-state index contributed by atoms with van der Waals surface area (Å²) in [6.45, 7) is 3.90. The Morgan fingerprint density at radius 2 is 2.00 bits per heavy atom. The number of aryl methyl sites for hydroxylation is 1. The molecule has 114 valence electrons. The van der Waals surface area contributed by atoms with Gasteiger partial charge in [0.1, 0.15) is 5.82 Å². The number of hydrogen-bond acceptors (Lipinski definition) is 4.